The molecule has 1 aliphatic rings. The number of nitrogens with zero attached hydrogens (tertiary/aromatic N) is 2. The van der Waals surface area contributed by atoms with E-state index in [1.807, 2.05) is 6.92 Å². The second-order valence-corrected chi connectivity index (χ2v) is 12.3. The number of carboxylic acid groups (broad SMARTS) is 1. The van der Waals surface area contributed by atoms with Gasteiger partial charge in [-0.15, -0.1) is 0 Å². The van der Waals surface area contributed by atoms with Crippen LogP contribution in [0.25, 0.3) is 0 Å². The van der Waals surface area contributed by atoms with Crippen molar-refractivity contribution in [3.05, 3.63) is 0 Å². The maximum Gasteiger partial charge on any atom is 0.305 e. The molecular weight excluding hydrogens is 656 g/mol. The van der Waals surface area contributed by atoms with Crippen molar-refractivity contribution in [2.45, 2.75) is 88.7 Å². The number of amides is 2. The number of ketones is 3. The van der Waals surface area contributed by atoms with Gasteiger partial charge in [0, 0.05) is 39.0 Å². The van der Waals surface area contributed by atoms with Crippen molar-refractivity contribution in [1.82, 2.24) is 20.4 Å². The number of hydrogen-bond acceptors (Lipinski definition) is 16. The third-order valence-electron chi connectivity index (χ3n) is 8.59. The van der Waals surface area contributed by atoms with Gasteiger partial charge in [-0.1, -0.05) is 6.92 Å². The number of carboxylic acids is 1. The molecule has 2 amide bonds. The van der Waals surface area contributed by atoms with Crippen molar-refractivity contribution >= 4 is 35.1 Å². The van der Waals surface area contributed by atoms with E-state index >= 15 is 0 Å². The van der Waals surface area contributed by atoms with Crippen molar-refractivity contribution in [2.24, 2.45) is 11.8 Å². The molecule has 282 valence electrons. The summed E-state index contributed by atoms with van der Waals surface area (Å²) in [5.74, 6) is -10.2. The number of rotatable bonds is 23. The Morgan fingerprint density at radius 1 is 0.673 bits per heavy atom. The zero-order valence-corrected chi connectivity index (χ0v) is 27.9. The summed E-state index contributed by atoms with van der Waals surface area (Å²) in [6, 6.07) is -3.12. The topological polar surface area (TPSA) is 315 Å². The van der Waals surface area contributed by atoms with Gasteiger partial charge in [0.15, 0.2) is 11.6 Å². The fourth-order valence-electron chi connectivity index (χ4n) is 5.19. The Morgan fingerprint density at radius 2 is 1.12 bits per heavy atom. The summed E-state index contributed by atoms with van der Waals surface area (Å²) >= 11 is 0. The van der Waals surface area contributed by atoms with Crippen LogP contribution in [0.2, 0.25) is 0 Å². The maximum absolute atomic E-state index is 13.5. The van der Waals surface area contributed by atoms with Gasteiger partial charge < -0.3 is 61.5 Å². The van der Waals surface area contributed by atoms with Crippen LogP contribution in [0.4, 0.5) is 0 Å². The monoisotopic (exact) mass is 708 g/mol. The lowest BCUT2D eigenvalue weighted by atomic mass is 9.86. The summed E-state index contributed by atoms with van der Waals surface area (Å²) in [5, 5.41) is 94.1. The Morgan fingerprint density at radius 3 is 1.55 bits per heavy atom. The van der Waals surface area contributed by atoms with Crippen molar-refractivity contribution in [3.8, 4) is 0 Å². The van der Waals surface area contributed by atoms with Crippen LogP contribution in [0, 0.1) is 11.8 Å². The van der Waals surface area contributed by atoms with E-state index in [1.165, 1.54) is 6.92 Å². The highest BCUT2D eigenvalue weighted by Gasteiger charge is 2.41. The standard InChI is InChI=1S/C30H52N4O15/c1-4-33-5-7-34(8-6-33)12-17(38)9-18(25(44)27(46)22(40)13-35)30(49)32-20(11-24(42)43)21(39)10-19(26(45)28(47)23(41)14-36)29(48)31-15(2)16(3)37/h15,18-20,22-23,25-28,35-36,40-41,44-47H,4-14H2,1-3H3,(H,31,48)(H,32,49)(H,42,43)/t15-,18+,19+,20+,22-,23-,25-,26-,27-,28-/m1/s1. The van der Waals surface area contributed by atoms with Crippen LogP contribution in [0.15, 0.2) is 0 Å². The number of likely N-dealkylation sites (N-methyl/N-ethyl adjacent to an activating group) is 1. The first-order valence-corrected chi connectivity index (χ1v) is 16.0. The largest absolute Gasteiger partial charge is 0.481 e. The molecule has 0 radical (unpaired) electrons. The molecule has 1 rings (SSSR count). The lowest BCUT2D eigenvalue weighted by Gasteiger charge is -2.34. The molecule has 1 heterocycles. The number of carbonyl (C=O) groups excluding carboxylic acids is 5. The SMILES string of the molecule is CCN1CCN(CC(=O)C[C@H](C(=O)N[C@@H](CC(=O)O)C(=O)C[C@H](C(=O)N[C@H](C)C(C)=O)[C@@H](O)[C@H](O)[C@H](O)CO)[C@@H](O)[C@H](O)[C@H](O)CO)CC1. The number of aliphatic hydroxyl groups is 8. The summed E-state index contributed by atoms with van der Waals surface area (Å²) in [6.07, 6.45) is -15.6. The van der Waals surface area contributed by atoms with Gasteiger partial charge >= 0.3 is 5.97 Å². The van der Waals surface area contributed by atoms with Crippen LogP contribution < -0.4 is 10.6 Å². The Hall–Kier alpha value is -2.98. The van der Waals surface area contributed by atoms with Crippen molar-refractivity contribution < 1.29 is 74.7 Å². The zero-order chi connectivity index (χ0) is 37.6. The molecular formula is C30H52N4O15. The highest BCUT2D eigenvalue weighted by Crippen LogP contribution is 2.21. The molecule has 0 aromatic rings. The van der Waals surface area contributed by atoms with E-state index in [1.54, 1.807) is 4.90 Å². The molecule has 19 heteroatoms. The van der Waals surface area contributed by atoms with Crippen molar-refractivity contribution in [1.29, 1.82) is 0 Å². The quantitative estimate of drug-likeness (QED) is 0.0470. The van der Waals surface area contributed by atoms with Gasteiger partial charge in [0.2, 0.25) is 11.8 Å². The van der Waals surface area contributed by atoms with E-state index in [0.717, 1.165) is 13.5 Å². The summed E-state index contributed by atoms with van der Waals surface area (Å²) < 4.78 is 0. The van der Waals surface area contributed by atoms with Crippen LogP contribution in [0.1, 0.15) is 40.0 Å². The Kier molecular flexibility index (Phi) is 19.1. The van der Waals surface area contributed by atoms with Gasteiger partial charge in [0.25, 0.3) is 0 Å². The molecule has 11 N–H and O–H groups in total. The average Bonchev–Trinajstić information content (AvgIpc) is 3.06. The second kappa shape index (κ2) is 21.3. The number of hydrogen-bond donors (Lipinski definition) is 11. The Labute approximate surface area is 283 Å². The second-order valence-electron chi connectivity index (χ2n) is 12.3. The number of carbonyl (C=O) groups is 6. The maximum atomic E-state index is 13.5. The normalized spacial score (nSPS) is 20.4. The van der Waals surface area contributed by atoms with Crippen LogP contribution in [-0.2, 0) is 28.8 Å². The average molecular weight is 709 g/mol. The summed E-state index contributed by atoms with van der Waals surface area (Å²) in [4.78, 5) is 80.4. The molecule has 0 saturated carbocycles. The summed E-state index contributed by atoms with van der Waals surface area (Å²) in [5.41, 5.74) is 0. The predicted molar refractivity (Wildman–Crippen MR) is 167 cm³/mol. The number of nitrogens with one attached hydrogen (secondary N) is 2. The molecule has 0 aromatic carbocycles. The molecule has 19 nitrogen and oxygen atoms in total. The minimum absolute atomic E-state index is 0.153. The van der Waals surface area contributed by atoms with E-state index in [0.29, 0.717) is 26.2 Å². The Bertz CT molecular complexity index is 1120. The van der Waals surface area contributed by atoms with Crippen LogP contribution in [0.5, 0.6) is 0 Å². The first-order valence-electron chi connectivity index (χ1n) is 16.0. The minimum Gasteiger partial charge on any atom is -0.481 e. The van der Waals surface area contributed by atoms with Crippen LogP contribution in [0.3, 0.4) is 0 Å². The molecule has 1 saturated heterocycles. The molecule has 0 bridgehead atoms. The lowest BCUT2D eigenvalue weighted by molar-refractivity contribution is -0.148. The van der Waals surface area contributed by atoms with Crippen LogP contribution >= 0.6 is 0 Å². The fraction of sp³-hybridized carbons (Fsp3) is 0.800. The highest BCUT2D eigenvalue weighted by molar-refractivity contribution is 5.97. The van der Waals surface area contributed by atoms with Crippen molar-refractivity contribution in [2.75, 3.05) is 52.5 Å². The molecule has 49 heavy (non-hydrogen) atoms. The summed E-state index contributed by atoms with van der Waals surface area (Å²) in [7, 11) is 0. The molecule has 0 unspecified atom stereocenters. The van der Waals surface area contributed by atoms with Crippen LogP contribution in [-0.4, -0.2) is 192 Å². The van der Waals surface area contributed by atoms with Gasteiger partial charge in [-0.2, -0.15) is 0 Å². The molecule has 10 atom stereocenters. The smallest absolute Gasteiger partial charge is 0.305 e. The first kappa shape index (κ1) is 44.0. The van der Waals surface area contributed by atoms with E-state index < -0.39 is 128 Å². The van der Waals surface area contributed by atoms with E-state index in [9.17, 15) is 74.7 Å². The van der Waals surface area contributed by atoms with Gasteiger partial charge in [-0.3, -0.25) is 33.7 Å². The van der Waals surface area contributed by atoms with Gasteiger partial charge in [-0.05, 0) is 20.4 Å². The molecule has 0 aliphatic carbocycles. The predicted octanol–water partition coefficient (Wildman–Crippen LogP) is -6.02. The van der Waals surface area contributed by atoms with Gasteiger partial charge in [0.1, 0.15) is 30.2 Å². The molecule has 1 aliphatic heterocycles. The summed E-state index contributed by atoms with van der Waals surface area (Å²) in [6.45, 7) is 5.35. The number of aliphatic hydroxyl groups excluding tert-OH is 8. The number of piperazine rings is 1. The first-order chi connectivity index (χ1) is 22.9. The van der Waals surface area contributed by atoms with E-state index in [4.69, 9.17) is 0 Å². The lowest BCUT2D eigenvalue weighted by Crippen LogP contribution is -2.54. The molecule has 0 aromatic heterocycles. The zero-order valence-electron chi connectivity index (χ0n) is 27.9. The third-order valence-corrected chi connectivity index (χ3v) is 8.59. The minimum atomic E-state index is -2.24. The highest BCUT2D eigenvalue weighted by atomic mass is 16.4. The van der Waals surface area contributed by atoms with E-state index in [2.05, 4.69) is 15.5 Å². The number of aliphatic carboxylic acids is 1. The third kappa shape index (κ3) is 14.0. The van der Waals surface area contributed by atoms with Gasteiger partial charge in [0.05, 0.1) is 62.3 Å². The van der Waals surface area contributed by atoms with Crippen molar-refractivity contribution in [3.63, 3.8) is 0 Å². The fourth-order valence-corrected chi connectivity index (χ4v) is 5.19. The van der Waals surface area contributed by atoms with E-state index in [-0.39, 0.29) is 6.54 Å². The van der Waals surface area contributed by atoms with Gasteiger partial charge in [-0.25, -0.2) is 0 Å². The molecule has 0 spiro atoms. The molecule has 1 fully saturated rings. The number of Topliss-reactive ketones (excluding diaryl/α,β-unsaturated/α-hetero) is 3. The Balaban J connectivity index is 3.34.